The van der Waals surface area contributed by atoms with E-state index in [-0.39, 0.29) is 6.04 Å². The first-order valence-electron chi connectivity index (χ1n) is 3.73. The maximum Gasteiger partial charge on any atom is 0.151 e. The summed E-state index contributed by atoms with van der Waals surface area (Å²) in [6, 6.07) is 2.08. The zero-order valence-electron chi connectivity index (χ0n) is 7.13. The van der Waals surface area contributed by atoms with Crippen LogP contribution in [0.25, 0.3) is 0 Å². The van der Waals surface area contributed by atoms with Gasteiger partial charge in [-0.1, -0.05) is 11.6 Å². The third kappa shape index (κ3) is 1.87. The van der Waals surface area contributed by atoms with Gasteiger partial charge in [0.15, 0.2) is 5.15 Å². The molecule has 0 fully saturated rings. The van der Waals surface area contributed by atoms with Gasteiger partial charge in [0.1, 0.15) is 0 Å². The summed E-state index contributed by atoms with van der Waals surface area (Å²) in [7, 11) is 1.88. The minimum atomic E-state index is 0.247. The summed E-state index contributed by atoms with van der Waals surface area (Å²) in [5.41, 5.74) is 7.16. The van der Waals surface area contributed by atoms with Crippen molar-refractivity contribution in [1.29, 1.82) is 0 Å². The monoisotopic (exact) mass is 185 g/mol. The number of nitrogens with two attached hydrogens (primary N) is 1. The van der Waals surface area contributed by atoms with Gasteiger partial charge in [-0.15, -0.1) is 0 Å². The van der Waals surface area contributed by atoms with Crippen LogP contribution in [0.4, 0.5) is 5.69 Å². The van der Waals surface area contributed by atoms with Crippen molar-refractivity contribution >= 4 is 17.3 Å². The maximum atomic E-state index is 5.67. The summed E-state index contributed by atoms with van der Waals surface area (Å²) in [4.78, 5) is 3.95. The fraction of sp³-hybridized carbons (Fsp3) is 0.375. The molecule has 0 spiro atoms. The molecule has 1 rings (SSSR count). The Bertz CT molecular complexity index is 275. The van der Waals surface area contributed by atoms with Gasteiger partial charge in [0.25, 0.3) is 0 Å². The van der Waals surface area contributed by atoms with Crippen molar-refractivity contribution in [1.82, 2.24) is 10.3 Å². The van der Waals surface area contributed by atoms with Crippen LogP contribution in [0.5, 0.6) is 0 Å². The second kappa shape index (κ2) is 3.74. The van der Waals surface area contributed by atoms with E-state index in [1.165, 1.54) is 0 Å². The van der Waals surface area contributed by atoms with E-state index < -0.39 is 0 Å². The molecular formula is C8H12ClN3. The molecule has 0 radical (unpaired) electrons. The fourth-order valence-electron chi connectivity index (χ4n) is 0.886. The highest BCUT2D eigenvalue weighted by molar-refractivity contribution is 6.31. The number of anilines is 1. The number of hydrogen-bond donors (Lipinski definition) is 2. The van der Waals surface area contributed by atoms with Crippen LogP contribution in [0.3, 0.4) is 0 Å². The fourth-order valence-corrected chi connectivity index (χ4v) is 0.989. The van der Waals surface area contributed by atoms with Crippen LogP contribution < -0.4 is 11.1 Å². The Morgan fingerprint density at radius 1 is 1.67 bits per heavy atom. The SMILES string of the molecule is CN[C@H](C)c1cnc(Cl)c(N)c1. The van der Waals surface area contributed by atoms with E-state index in [0.717, 1.165) is 5.56 Å². The van der Waals surface area contributed by atoms with Crippen molar-refractivity contribution in [3.63, 3.8) is 0 Å². The highest BCUT2D eigenvalue weighted by Crippen LogP contribution is 2.19. The first-order chi connectivity index (χ1) is 5.65. The summed E-state index contributed by atoms with van der Waals surface area (Å²) < 4.78 is 0. The smallest absolute Gasteiger partial charge is 0.151 e. The minimum Gasteiger partial charge on any atom is -0.396 e. The van der Waals surface area contributed by atoms with Gasteiger partial charge in [0.2, 0.25) is 0 Å². The van der Waals surface area contributed by atoms with Crippen molar-refractivity contribution in [3.05, 3.63) is 23.0 Å². The Morgan fingerprint density at radius 3 is 2.83 bits per heavy atom. The Balaban J connectivity index is 2.96. The van der Waals surface area contributed by atoms with Crippen LogP contribution in [0, 0.1) is 0 Å². The summed E-state index contributed by atoms with van der Waals surface area (Å²) in [6.07, 6.45) is 1.72. The Hall–Kier alpha value is -0.800. The van der Waals surface area contributed by atoms with Crippen LogP contribution in [0.2, 0.25) is 5.15 Å². The summed E-state index contributed by atoms with van der Waals surface area (Å²) in [5, 5.41) is 3.45. The lowest BCUT2D eigenvalue weighted by Crippen LogP contribution is -2.12. The number of nitrogens with one attached hydrogen (secondary N) is 1. The molecule has 3 nitrogen and oxygen atoms in total. The molecule has 1 heterocycles. The van der Waals surface area contributed by atoms with Gasteiger partial charge in [-0.25, -0.2) is 4.98 Å². The molecule has 0 saturated heterocycles. The Morgan fingerprint density at radius 2 is 2.33 bits per heavy atom. The molecule has 0 saturated carbocycles. The van der Waals surface area contributed by atoms with Crippen molar-refractivity contribution in [2.75, 3.05) is 12.8 Å². The molecule has 1 aromatic heterocycles. The topological polar surface area (TPSA) is 50.9 Å². The van der Waals surface area contributed by atoms with E-state index in [0.29, 0.717) is 10.8 Å². The lowest BCUT2D eigenvalue weighted by atomic mass is 10.1. The molecule has 0 aliphatic carbocycles. The summed E-state index contributed by atoms with van der Waals surface area (Å²) in [6.45, 7) is 2.03. The number of pyridine rings is 1. The van der Waals surface area contributed by atoms with E-state index in [1.807, 2.05) is 20.0 Å². The number of aromatic nitrogens is 1. The molecule has 0 aromatic carbocycles. The summed E-state index contributed by atoms with van der Waals surface area (Å²) >= 11 is 5.67. The second-order valence-electron chi connectivity index (χ2n) is 2.66. The molecule has 1 aromatic rings. The lowest BCUT2D eigenvalue weighted by molar-refractivity contribution is 0.650. The molecule has 66 valence electrons. The minimum absolute atomic E-state index is 0.247. The standard InChI is InChI=1S/C8H12ClN3/c1-5(11-2)6-3-7(10)8(9)12-4-6/h3-5,11H,10H2,1-2H3/t5-/m1/s1. The highest BCUT2D eigenvalue weighted by atomic mass is 35.5. The normalized spacial score (nSPS) is 12.9. The number of hydrogen-bond acceptors (Lipinski definition) is 3. The zero-order valence-corrected chi connectivity index (χ0v) is 7.89. The molecule has 0 amide bonds. The molecule has 4 heteroatoms. The van der Waals surface area contributed by atoms with Gasteiger partial charge in [0.05, 0.1) is 5.69 Å². The first kappa shape index (κ1) is 9.29. The van der Waals surface area contributed by atoms with Crippen molar-refractivity contribution in [3.8, 4) is 0 Å². The van der Waals surface area contributed by atoms with Crippen LogP contribution in [0.1, 0.15) is 18.5 Å². The van der Waals surface area contributed by atoms with Crippen molar-refractivity contribution in [2.45, 2.75) is 13.0 Å². The number of halogens is 1. The number of nitrogen functional groups attached to an aromatic ring is 1. The zero-order chi connectivity index (χ0) is 9.14. The van der Waals surface area contributed by atoms with Gasteiger partial charge in [0, 0.05) is 12.2 Å². The predicted molar refractivity (Wildman–Crippen MR) is 51.1 cm³/mol. The Labute approximate surface area is 76.9 Å². The van der Waals surface area contributed by atoms with E-state index in [9.17, 15) is 0 Å². The molecule has 12 heavy (non-hydrogen) atoms. The second-order valence-corrected chi connectivity index (χ2v) is 3.02. The molecule has 0 bridgehead atoms. The molecule has 0 unspecified atom stereocenters. The predicted octanol–water partition coefficient (Wildman–Crippen LogP) is 1.60. The average Bonchev–Trinajstić information content (AvgIpc) is 2.08. The molecular weight excluding hydrogens is 174 g/mol. The van der Waals surface area contributed by atoms with E-state index >= 15 is 0 Å². The van der Waals surface area contributed by atoms with Gasteiger partial charge in [-0.05, 0) is 25.6 Å². The van der Waals surface area contributed by atoms with Crippen LogP contribution in [0.15, 0.2) is 12.3 Å². The molecule has 1 atom stereocenters. The van der Waals surface area contributed by atoms with Gasteiger partial charge >= 0.3 is 0 Å². The van der Waals surface area contributed by atoms with Crippen LogP contribution in [-0.4, -0.2) is 12.0 Å². The average molecular weight is 186 g/mol. The quantitative estimate of drug-likeness (QED) is 0.689. The van der Waals surface area contributed by atoms with Crippen molar-refractivity contribution in [2.24, 2.45) is 0 Å². The molecule has 0 aliphatic rings. The Kier molecular flexibility index (Phi) is 2.89. The third-order valence-corrected chi connectivity index (χ3v) is 2.14. The third-order valence-electron chi connectivity index (χ3n) is 1.82. The van der Waals surface area contributed by atoms with Gasteiger partial charge in [-0.2, -0.15) is 0 Å². The largest absolute Gasteiger partial charge is 0.396 e. The molecule has 3 N–H and O–H groups in total. The number of nitrogens with zero attached hydrogens (tertiary/aromatic N) is 1. The van der Waals surface area contributed by atoms with Crippen LogP contribution in [-0.2, 0) is 0 Å². The summed E-state index contributed by atoms with van der Waals surface area (Å²) in [5.74, 6) is 0. The van der Waals surface area contributed by atoms with E-state index in [2.05, 4.69) is 10.3 Å². The maximum absolute atomic E-state index is 5.67. The first-order valence-corrected chi connectivity index (χ1v) is 4.11. The number of rotatable bonds is 2. The van der Waals surface area contributed by atoms with E-state index in [1.54, 1.807) is 6.20 Å². The highest BCUT2D eigenvalue weighted by Gasteiger charge is 2.04. The van der Waals surface area contributed by atoms with Crippen LogP contribution >= 0.6 is 11.6 Å². The van der Waals surface area contributed by atoms with Crippen molar-refractivity contribution < 1.29 is 0 Å². The lowest BCUT2D eigenvalue weighted by Gasteiger charge is -2.10. The van der Waals surface area contributed by atoms with Gasteiger partial charge < -0.3 is 11.1 Å². The van der Waals surface area contributed by atoms with Gasteiger partial charge in [-0.3, -0.25) is 0 Å². The molecule has 0 aliphatic heterocycles. The van der Waals surface area contributed by atoms with E-state index in [4.69, 9.17) is 17.3 Å².